The zero-order valence-corrected chi connectivity index (χ0v) is 13.5. The molecule has 1 aromatic heterocycles. The fraction of sp³-hybridized carbons (Fsp3) is 0.375. The summed E-state index contributed by atoms with van der Waals surface area (Å²) < 4.78 is 5.40. The topological polar surface area (TPSA) is 57.7 Å². The maximum Gasteiger partial charge on any atom is 0.262 e. The van der Waals surface area contributed by atoms with Crippen molar-refractivity contribution in [1.29, 1.82) is 0 Å². The lowest BCUT2D eigenvalue weighted by atomic mass is 10.1. The van der Waals surface area contributed by atoms with E-state index < -0.39 is 0 Å². The maximum absolute atomic E-state index is 11.4. The van der Waals surface area contributed by atoms with Gasteiger partial charge in [-0.3, -0.25) is 9.69 Å². The Balaban J connectivity index is 1.38. The Hall–Kier alpha value is -2.12. The molecule has 1 N–H and O–H groups in total. The highest BCUT2D eigenvalue weighted by Crippen LogP contribution is 2.29. The van der Waals surface area contributed by atoms with Crippen LogP contribution in [0.4, 0.5) is 10.8 Å². The number of piperazine rings is 1. The first-order valence-corrected chi connectivity index (χ1v) is 8.58. The third-order valence-corrected chi connectivity index (χ3v) is 4.98. The minimum atomic E-state index is -0.0910. The number of carbonyl (C=O) groups excluding carboxylic acids is 1. The molecule has 0 bridgehead atoms. The molecule has 7 heteroatoms. The zero-order chi connectivity index (χ0) is 15.6. The van der Waals surface area contributed by atoms with Crippen molar-refractivity contribution in [2.45, 2.75) is 6.54 Å². The van der Waals surface area contributed by atoms with E-state index in [9.17, 15) is 4.79 Å². The number of nitrogens with one attached hydrogen (secondary N) is 1. The summed E-state index contributed by atoms with van der Waals surface area (Å²) in [6.07, 6.45) is 1.86. The lowest BCUT2D eigenvalue weighted by molar-refractivity contribution is -0.118. The summed E-state index contributed by atoms with van der Waals surface area (Å²) in [5.74, 6) is 0.661. The van der Waals surface area contributed by atoms with Crippen LogP contribution in [-0.2, 0) is 11.3 Å². The molecule has 3 heterocycles. The number of aromatic nitrogens is 1. The van der Waals surface area contributed by atoms with E-state index in [0.717, 1.165) is 49.3 Å². The fourth-order valence-corrected chi connectivity index (χ4v) is 3.65. The molecule has 2 aliphatic heterocycles. The number of carbonyl (C=O) groups is 1. The maximum atomic E-state index is 11.4. The van der Waals surface area contributed by atoms with E-state index in [4.69, 9.17) is 4.74 Å². The molecule has 2 aromatic rings. The van der Waals surface area contributed by atoms with Gasteiger partial charge in [-0.05, 0) is 17.7 Å². The van der Waals surface area contributed by atoms with Crippen LogP contribution in [0.3, 0.4) is 0 Å². The number of nitrogens with zero attached hydrogens (tertiary/aromatic N) is 3. The van der Waals surface area contributed by atoms with E-state index in [1.807, 2.05) is 23.7 Å². The second-order valence-corrected chi connectivity index (χ2v) is 6.62. The van der Waals surface area contributed by atoms with E-state index in [1.54, 1.807) is 11.3 Å². The van der Waals surface area contributed by atoms with Gasteiger partial charge in [-0.15, -0.1) is 11.3 Å². The monoisotopic (exact) mass is 330 g/mol. The quantitative estimate of drug-likeness (QED) is 0.930. The molecule has 1 saturated heterocycles. The summed E-state index contributed by atoms with van der Waals surface area (Å²) in [6, 6.07) is 6.03. The number of fused-ring (bicyclic) bond motifs is 1. The third-order valence-electron chi connectivity index (χ3n) is 4.15. The Kier molecular flexibility index (Phi) is 3.88. The molecule has 0 spiro atoms. The second kappa shape index (κ2) is 6.17. The predicted molar refractivity (Wildman–Crippen MR) is 90.2 cm³/mol. The van der Waals surface area contributed by atoms with Gasteiger partial charge >= 0.3 is 0 Å². The summed E-state index contributed by atoms with van der Waals surface area (Å²) >= 11 is 1.69. The standard InChI is InChI=1S/C16H18N4O2S/c21-15-11-22-14-2-1-12(9-13(14)18-15)10-19-4-6-20(7-5-19)16-17-3-8-23-16/h1-3,8-9H,4-7,10-11H2,(H,18,21). The predicted octanol–water partition coefficient (Wildman–Crippen LogP) is 1.80. The van der Waals surface area contributed by atoms with E-state index >= 15 is 0 Å². The number of amides is 1. The van der Waals surface area contributed by atoms with Crippen molar-refractivity contribution in [3.8, 4) is 5.75 Å². The highest BCUT2D eigenvalue weighted by atomic mass is 32.1. The van der Waals surface area contributed by atoms with Gasteiger partial charge in [0.25, 0.3) is 5.91 Å². The van der Waals surface area contributed by atoms with Gasteiger partial charge in [0, 0.05) is 44.3 Å². The first kappa shape index (κ1) is 14.5. The lowest BCUT2D eigenvalue weighted by Crippen LogP contribution is -2.45. The number of benzene rings is 1. The zero-order valence-electron chi connectivity index (χ0n) is 12.7. The molecule has 0 radical (unpaired) electrons. The van der Waals surface area contributed by atoms with Gasteiger partial charge in [-0.25, -0.2) is 4.98 Å². The fourth-order valence-electron chi connectivity index (χ4n) is 2.96. The average molecular weight is 330 g/mol. The van der Waals surface area contributed by atoms with E-state index in [0.29, 0.717) is 0 Å². The SMILES string of the molecule is O=C1COc2ccc(CN3CCN(c4nccs4)CC3)cc2N1. The van der Waals surface area contributed by atoms with Crippen LogP contribution in [0.2, 0.25) is 0 Å². The Bertz CT molecular complexity index is 696. The van der Waals surface area contributed by atoms with Crippen LogP contribution in [0, 0.1) is 0 Å². The number of anilines is 2. The van der Waals surface area contributed by atoms with Crippen LogP contribution in [0.1, 0.15) is 5.56 Å². The van der Waals surface area contributed by atoms with Gasteiger partial charge in [0.05, 0.1) is 5.69 Å². The number of hydrogen-bond donors (Lipinski definition) is 1. The van der Waals surface area contributed by atoms with Crippen molar-refractivity contribution in [3.63, 3.8) is 0 Å². The van der Waals surface area contributed by atoms with Crippen LogP contribution in [0.25, 0.3) is 0 Å². The summed E-state index contributed by atoms with van der Waals surface area (Å²) in [5, 5.41) is 5.99. The largest absolute Gasteiger partial charge is 0.482 e. The summed E-state index contributed by atoms with van der Waals surface area (Å²) in [5.41, 5.74) is 1.97. The first-order valence-electron chi connectivity index (χ1n) is 7.70. The molecular formula is C16H18N4O2S. The third kappa shape index (κ3) is 3.16. The number of ether oxygens (including phenoxy) is 1. The molecule has 1 amide bonds. The van der Waals surface area contributed by atoms with Gasteiger partial charge in [0.15, 0.2) is 11.7 Å². The molecule has 2 aliphatic rings. The number of rotatable bonds is 3. The van der Waals surface area contributed by atoms with Crippen molar-refractivity contribution in [2.75, 3.05) is 43.0 Å². The van der Waals surface area contributed by atoms with Gasteiger partial charge in [-0.1, -0.05) is 6.07 Å². The summed E-state index contributed by atoms with van der Waals surface area (Å²) in [4.78, 5) is 20.6. The Morgan fingerprint density at radius 1 is 1.26 bits per heavy atom. The molecule has 4 rings (SSSR count). The Morgan fingerprint density at radius 3 is 2.91 bits per heavy atom. The molecule has 1 fully saturated rings. The van der Waals surface area contributed by atoms with Crippen LogP contribution < -0.4 is 15.0 Å². The number of hydrogen-bond acceptors (Lipinski definition) is 6. The highest BCUT2D eigenvalue weighted by molar-refractivity contribution is 7.13. The Labute approximate surface area is 138 Å². The highest BCUT2D eigenvalue weighted by Gasteiger charge is 2.20. The molecule has 120 valence electrons. The van der Waals surface area contributed by atoms with E-state index in [1.165, 1.54) is 5.56 Å². The van der Waals surface area contributed by atoms with Crippen LogP contribution in [0.5, 0.6) is 5.75 Å². The summed E-state index contributed by atoms with van der Waals surface area (Å²) in [6.45, 7) is 5.01. The molecule has 0 aliphatic carbocycles. The number of thiazole rings is 1. The first-order chi connectivity index (χ1) is 11.3. The second-order valence-electron chi connectivity index (χ2n) is 5.75. The summed E-state index contributed by atoms with van der Waals surface area (Å²) in [7, 11) is 0. The molecule has 0 saturated carbocycles. The van der Waals surface area contributed by atoms with Crippen LogP contribution >= 0.6 is 11.3 Å². The van der Waals surface area contributed by atoms with Gasteiger partial charge in [0.2, 0.25) is 0 Å². The minimum absolute atomic E-state index is 0.0910. The molecular weight excluding hydrogens is 312 g/mol. The molecule has 0 atom stereocenters. The lowest BCUT2D eigenvalue weighted by Gasteiger charge is -2.34. The van der Waals surface area contributed by atoms with Crippen LogP contribution in [0.15, 0.2) is 29.8 Å². The van der Waals surface area contributed by atoms with Crippen molar-refractivity contribution in [1.82, 2.24) is 9.88 Å². The average Bonchev–Trinajstić information content (AvgIpc) is 3.10. The van der Waals surface area contributed by atoms with E-state index in [2.05, 4.69) is 26.2 Å². The Morgan fingerprint density at radius 2 is 2.13 bits per heavy atom. The van der Waals surface area contributed by atoms with Gasteiger partial charge < -0.3 is 15.0 Å². The normalized spacial score (nSPS) is 18.3. The van der Waals surface area contributed by atoms with E-state index in [-0.39, 0.29) is 12.5 Å². The van der Waals surface area contributed by atoms with Crippen LogP contribution in [-0.4, -0.2) is 48.6 Å². The van der Waals surface area contributed by atoms with Gasteiger partial charge in [-0.2, -0.15) is 0 Å². The van der Waals surface area contributed by atoms with Crippen molar-refractivity contribution < 1.29 is 9.53 Å². The van der Waals surface area contributed by atoms with Crippen molar-refractivity contribution >= 4 is 28.1 Å². The molecule has 0 unspecified atom stereocenters. The van der Waals surface area contributed by atoms with Crippen molar-refractivity contribution in [3.05, 3.63) is 35.3 Å². The smallest absolute Gasteiger partial charge is 0.262 e. The van der Waals surface area contributed by atoms with Crippen molar-refractivity contribution in [2.24, 2.45) is 0 Å². The minimum Gasteiger partial charge on any atom is -0.482 e. The molecule has 6 nitrogen and oxygen atoms in total. The van der Waals surface area contributed by atoms with Gasteiger partial charge in [0.1, 0.15) is 5.75 Å². The molecule has 1 aromatic carbocycles. The molecule has 23 heavy (non-hydrogen) atoms.